The van der Waals surface area contributed by atoms with Gasteiger partial charge in [0.2, 0.25) is 5.91 Å². The number of fused-ring (bicyclic) bond motifs is 1. The molecule has 31 heavy (non-hydrogen) atoms. The number of nitrogens with two attached hydrogens (primary N) is 1. The normalized spacial score (nSPS) is 17.5. The zero-order valence-corrected chi connectivity index (χ0v) is 20.3. The minimum atomic E-state index is -0.405. The standard InChI is InChI=1S/C23H29ClN2O2S.CH4.ClH/c1-4-26(13-15(2)3)10-9-19-21(14-26)29-20(22(19)23(25)28)12-18(27)11-16-5-7-17(24)8-6-16;;/h5-8,15H,4,9-14H2,1-3H3,(H-,25,28);1H4;1H/p+1. The quantitative estimate of drug-likeness (QED) is 0.504. The van der Waals surface area contributed by atoms with Crippen molar-refractivity contribution in [3.63, 3.8) is 0 Å². The van der Waals surface area contributed by atoms with E-state index in [1.165, 1.54) is 4.88 Å². The van der Waals surface area contributed by atoms with Crippen LogP contribution in [0.5, 0.6) is 0 Å². The number of primary amides is 1. The van der Waals surface area contributed by atoms with Gasteiger partial charge in [0.25, 0.3) is 0 Å². The van der Waals surface area contributed by atoms with Crippen LogP contribution in [0.15, 0.2) is 24.3 Å². The summed E-state index contributed by atoms with van der Waals surface area (Å²) in [6.07, 6.45) is 1.45. The summed E-state index contributed by atoms with van der Waals surface area (Å²) in [7, 11) is 0. The minimum Gasteiger partial charge on any atom is -0.366 e. The molecule has 2 aromatic rings. The van der Waals surface area contributed by atoms with E-state index >= 15 is 0 Å². The van der Waals surface area contributed by atoms with Crippen LogP contribution in [0.1, 0.15) is 59.4 Å². The number of likely N-dealkylation sites (N-methyl/N-ethyl adjacent to an activating group) is 1. The topological polar surface area (TPSA) is 60.2 Å². The van der Waals surface area contributed by atoms with Crippen molar-refractivity contribution in [1.82, 2.24) is 0 Å². The number of nitrogens with zero attached hydrogens (tertiary/aromatic N) is 1. The van der Waals surface area contributed by atoms with Crippen molar-refractivity contribution in [3.05, 3.63) is 55.7 Å². The summed E-state index contributed by atoms with van der Waals surface area (Å²) in [4.78, 5) is 27.0. The fraction of sp³-hybridized carbons (Fsp3) is 0.500. The molecule has 1 aliphatic rings. The third-order valence-electron chi connectivity index (χ3n) is 5.82. The number of halogens is 2. The Balaban J connectivity index is 0.00000240. The number of hydrogen-bond acceptors (Lipinski definition) is 3. The average Bonchev–Trinajstić information content (AvgIpc) is 2.99. The van der Waals surface area contributed by atoms with Gasteiger partial charge in [-0.05, 0) is 30.2 Å². The lowest BCUT2D eigenvalue weighted by Gasteiger charge is -2.41. The molecule has 1 atom stereocenters. The highest BCUT2D eigenvalue weighted by Crippen LogP contribution is 2.37. The highest BCUT2D eigenvalue weighted by molar-refractivity contribution is 7.12. The summed E-state index contributed by atoms with van der Waals surface area (Å²) >= 11 is 7.54. The fourth-order valence-corrected chi connectivity index (χ4v) is 6.15. The van der Waals surface area contributed by atoms with Gasteiger partial charge in [-0.15, -0.1) is 23.7 Å². The first-order valence-electron chi connectivity index (χ1n) is 10.3. The number of rotatable bonds is 8. The second-order valence-corrected chi connectivity index (χ2v) is 10.2. The number of ketones is 1. The van der Waals surface area contributed by atoms with Gasteiger partial charge >= 0.3 is 0 Å². The molecule has 2 heterocycles. The molecule has 0 aliphatic carbocycles. The Morgan fingerprint density at radius 2 is 1.84 bits per heavy atom. The number of hydrogen-bond donors (Lipinski definition) is 1. The van der Waals surface area contributed by atoms with Crippen molar-refractivity contribution in [1.29, 1.82) is 0 Å². The monoisotopic (exact) mass is 485 g/mol. The van der Waals surface area contributed by atoms with Crippen molar-refractivity contribution < 1.29 is 14.1 Å². The van der Waals surface area contributed by atoms with Crippen LogP contribution in [0.25, 0.3) is 0 Å². The second-order valence-electron chi connectivity index (χ2n) is 8.55. The summed E-state index contributed by atoms with van der Waals surface area (Å²) in [6.45, 7) is 10.9. The van der Waals surface area contributed by atoms with E-state index in [2.05, 4.69) is 20.8 Å². The molecule has 1 unspecified atom stereocenters. The Hall–Kier alpha value is -1.40. The summed E-state index contributed by atoms with van der Waals surface area (Å²) in [6, 6.07) is 7.32. The van der Waals surface area contributed by atoms with Crippen LogP contribution in [0.3, 0.4) is 0 Å². The molecule has 0 saturated heterocycles. The molecule has 0 bridgehead atoms. The first-order chi connectivity index (χ1) is 13.7. The smallest absolute Gasteiger partial charge is 0.250 e. The van der Waals surface area contributed by atoms with Crippen molar-refractivity contribution in [2.75, 3.05) is 19.6 Å². The van der Waals surface area contributed by atoms with Crippen molar-refractivity contribution in [2.45, 2.75) is 54.0 Å². The van der Waals surface area contributed by atoms with E-state index in [9.17, 15) is 9.59 Å². The number of amides is 1. The summed E-state index contributed by atoms with van der Waals surface area (Å²) in [5, 5.41) is 0.655. The molecule has 0 spiro atoms. The van der Waals surface area contributed by atoms with Gasteiger partial charge < -0.3 is 10.2 Å². The van der Waals surface area contributed by atoms with Gasteiger partial charge in [0, 0.05) is 35.1 Å². The van der Waals surface area contributed by atoms with Gasteiger partial charge in [0.05, 0.1) is 30.1 Å². The van der Waals surface area contributed by atoms with E-state index in [1.807, 2.05) is 12.1 Å². The molecule has 0 fully saturated rings. The lowest BCUT2D eigenvalue weighted by Crippen LogP contribution is -2.52. The maximum absolute atomic E-state index is 12.7. The number of Topliss-reactive ketones (excluding diaryl/α,β-unsaturated/α-hetero) is 1. The van der Waals surface area contributed by atoms with E-state index in [-0.39, 0.29) is 32.0 Å². The number of benzene rings is 1. The SMILES string of the molecule is C.CC[N+]1(CC(C)C)CCc2c(sc(CC(=O)Cc3ccc(Cl)cc3)c2C(N)=O)C1.Cl. The number of carbonyl (C=O) groups is 2. The predicted molar refractivity (Wildman–Crippen MR) is 133 cm³/mol. The lowest BCUT2D eigenvalue weighted by molar-refractivity contribution is -0.943. The molecular weight excluding hydrogens is 451 g/mol. The molecule has 1 amide bonds. The van der Waals surface area contributed by atoms with Crippen LogP contribution in [0.2, 0.25) is 5.02 Å². The van der Waals surface area contributed by atoms with E-state index in [4.69, 9.17) is 17.3 Å². The summed E-state index contributed by atoms with van der Waals surface area (Å²) < 4.78 is 1.04. The van der Waals surface area contributed by atoms with E-state index in [0.29, 0.717) is 22.9 Å². The van der Waals surface area contributed by atoms with Crippen molar-refractivity contribution >= 4 is 47.0 Å². The molecule has 2 N–H and O–H groups in total. The van der Waals surface area contributed by atoms with Gasteiger partial charge in [-0.25, -0.2) is 0 Å². The molecule has 1 aromatic heterocycles. The zero-order chi connectivity index (χ0) is 21.2. The van der Waals surface area contributed by atoms with Crippen LogP contribution >= 0.6 is 35.3 Å². The van der Waals surface area contributed by atoms with Crippen LogP contribution in [-0.4, -0.2) is 35.8 Å². The number of thiophene rings is 1. The molecule has 0 radical (unpaired) electrons. The van der Waals surface area contributed by atoms with E-state index in [0.717, 1.165) is 53.1 Å². The summed E-state index contributed by atoms with van der Waals surface area (Å²) in [5.41, 5.74) is 8.37. The molecule has 172 valence electrons. The average molecular weight is 487 g/mol. The van der Waals surface area contributed by atoms with Gasteiger partial charge in [-0.3, -0.25) is 9.59 Å². The van der Waals surface area contributed by atoms with Crippen LogP contribution in [0, 0.1) is 5.92 Å². The molecule has 7 heteroatoms. The maximum Gasteiger partial charge on any atom is 0.250 e. The third kappa shape index (κ3) is 6.55. The first kappa shape index (κ1) is 27.6. The van der Waals surface area contributed by atoms with E-state index in [1.54, 1.807) is 23.5 Å². The Bertz CT molecular complexity index is 909. The third-order valence-corrected chi connectivity index (χ3v) is 7.29. The molecule has 1 aliphatic heterocycles. The lowest BCUT2D eigenvalue weighted by atomic mass is 9.96. The van der Waals surface area contributed by atoms with Crippen LogP contribution in [-0.2, 0) is 30.6 Å². The minimum absolute atomic E-state index is 0. The van der Waals surface area contributed by atoms with E-state index < -0.39 is 5.91 Å². The van der Waals surface area contributed by atoms with Gasteiger partial charge in [-0.1, -0.05) is 45.0 Å². The predicted octanol–water partition coefficient (Wildman–Crippen LogP) is 5.46. The Morgan fingerprint density at radius 1 is 1.19 bits per heavy atom. The van der Waals surface area contributed by atoms with Gasteiger partial charge in [0.15, 0.2) is 0 Å². The molecule has 3 rings (SSSR count). The highest BCUT2D eigenvalue weighted by atomic mass is 35.5. The molecule has 4 nitrogen and oxygen atoms in total. The Labute approximate surface area is 201 Å². The molecular formula is C24H35Cl2N2O2S+. The number of quaternary nitrogens is 1. The summed E-state index contributed by atoms with van der Waals surface area (Å²) in [5.74, 6) is 0.302. The van der Waals surface area contributed by atoms with Crippen molar-refractivity contribution in [3.8, 4) is 0 Å². The van der Waals surface area contributed by atoms with Crippen LogP contribution in [0.4, 0.5) is 0 Å². The second kappa shape index (κ2) is 11.5. The highest BCUT2D eigenvalue weighted by Gasteiger charge is 2.36. The largest absolute Gasteiger partial charge is 0.366 e. The van der Waals surface area contributed by atoms with Crippen LogP contribution < -0.4 is 5.73 Å². The molecule has 0 saturated carbocycles. The van der Waals surface area contributed by atoms with Gasteiger partial charge in [-0.2, -0.15) is 0 Å². The fourth-order valence-electron chi connectivity index (χ4n) is 4.51. The number of carbonyl (C=O) groups excluding carboxylic acids is 2. The molecule has 1 aromatic carbocycles. The first-order valence-corrected chi connectivity index (χ1v) is 11.5. The zero-order valence-electron chi connectivity index (χ0n) is 17.9. The van der Waals surface area contributed by atoms with Gasteiger partial charge in [0.1, 0.15) is 12.3 Å². The Morgan fingerprint density at radius 3 is 2.39 bits per heavy atom. The Kier molecular flexibility index (Phi) is 10.2. The maximum atomic E-state index is 12.7. The van der Waals surface area contributed by atoms with Crippen molar-refractivity contribution in [2.24, 2.45) is 11.7 Å².